The first-order valence-electron chi connectivity index (χ1n) is 3.67. The van der Waals surface area contributed by atoms with Crippen LogP contribution in [0.25, 0.3) is 0 Å². The Morgan fingerprint density at radius 1 is 1.75 bits per heavy atom. The summed E-state index contributed by atoms with van der Waals surface area (Å²) in [4.78, 5) is 10.9. The fraction of sp³-hybridized carbons (Fsp3) is 0.375. The Kier molecular flexibility index (Phi) is 3.34. The van der Waals surface area contributed by atoms with Crippen LogP contribution in [0.1, 0.15) is 5.69 Å². The van der Waals surface area contributed by atoms with Gasteiger partial charge in [0, 0.05) is 18.9 Å². The Morgan fingerprint density at radius 2 is 2.50 bits per heavy atom. The fourth-order valence-electron chi connectivity index (χ4n) is 0.917. The number of nitrogens with one attached hydrogen (secondary N) is 1. The molecule has 0 aliphatic carbocycles. The second-order valence-corrected chi connectivity index (χ2v) is 3.08. The van der Waals surface area contributed by atoms with Gasteiger partial charge in [-0.3, -0.25) is 4.79 Å². The van der Waals surface area contributed by atoms with Crippen LogP contribution in [0, 0.1) is 0 Å². The summed E-state index contributed by atoms with van der Waals surface area (Å²) in [7, 11) is 1.95. The first kappa shape index (κ1) is 9.32. The maximum Gasteiger partial charge on any atom is 0.230 e. The molecule has 1 rings (SSSR count). The van der Waals surface area contributed by atoms with Crippen molar-refractivity contribution in [2.24, 2.45) is 7.05 Å². The van der Waals surface area contributed by atoms with Gasteiger partial charge in [0.25, 0.3) is 0 Å². The number of aromatic nitrogens is 1. The van der Waals surface area contributed by atoms with Crippen molar-refractivity contribution >= 4 is 21.8 Å². The van der Waals surface area contributed by atoms with E-state index in [2.05, 4.69) is 21.2 Å². The maximum atomic E-state index is 10.9. The van der Waals surface area contributed by atoms with Crippen LogP contribution < -0.4 is 5.32 Å². The van der Waals surface area contributed by atoms with Crippen molar-refractivity contribution < 1.29 is 4.79 Å². The predicted octanol–water partition coefficient (Wildman–Crippen LogP) is 1.04. The third-order valence-electron chi connectivity index (χ3n) is 1.64. The molecule has 0 aromatic carbocycles. The van der Waals surface area contributed by atoms with E-state index in [1.54, 1.807) is 0 Å². The van der Waals surface area contributed by atoms with Crippen LogP contribution in [0.3, 0.4) is 0 Å². The van der Waals surface area contributed by atoms with Crippen LogP contribution in [0.5, 0.6) is 0 Å². The highest BCUT2D eigenvalue weighted by Crippen LogP contribution is 1.98. The SMILES string of the molecule is Cn1cccc1CNC(=O)CBr. The minimum atomic E-state index is 0.0104. The van der Waals surface area contributed by atoms with Crippen molar-refractivity contribution in [1.29, 1.82) is 0 Å². The molecule has 0 saturated carbocycles. The molecule has 1 heterocycles. The smallest absolute Gasteiger partial charge is 0.230 e. The number of rotatable bonds is 3. The summed E-state index contributed by atoms with van der Waals surface area (Å²) in [6, 6.07) is 3.93. The van der Waals surface area contributed by atoms with Crippen LogP contribution in [0.2, 0.25) is 0 Å². The average molecular weight is 231 g/mol. The highest BCUT2D eigenvalue weighted by atomic mass is 79.9. The summed E-state index contributed by atoms with van der Waals surface area (Å²) in [6.45, 7) is 0.591. The zero-order valence-electron chi connectivity index (χ0n) is 6.88. The van der Waals surface area contributed by atoms with Crippen molar-refractivity contribution in [1.82, 2.24) is 9.88 Å². The molecule has 1 aromatic heterocycles. The molecule has 0 bridgehead atoms. The third-order valence-corrected chi connectivity index (χ3v) is 2.15. The number of amides is 1. The second-order valence-electron chi connectivity index (χ2n) is 2.52. The molecule has 12 heavy (non-hydrogen) atoms. The van der Waals surface area contributed by atoms with Crippen molar-refractivity contribution in [2.45, 2.75) is 6.54 Å². The molecule has 3 nitrogen and oxygen atoms in total. The lowest BCUT2D eigenvalue weighted by Gasteiger charge is -2.03. The maximum absolute atomic E-state index is 10.9. The summed E-state index contributed by atoms with van der Waals surface area (Å²) >= 11 is 3.08. The minimum absolute atomic E-state index is 0.0104. The largest absolute Gasteiger partial charge is 0.353 e. The van der Waals surface area contributed by atoms with Gasteiger partial charge in [-0.2, -0.15) is 0 Å². The number of hydrogen-bond acceptors (Lipinski definition) is 1. The molecule has 4 heteroatoms. The van der Waals surface area contributed by atoms with Gasteiger partial charge in [0.05, 0.1) is 11.9 Å². The normalized spacial score (nSPS) is 9.83. The molecule has 1 aromatic rings. The highest BCUT2D eigenvalue weighted by Gasteiger charge is 1.99. The van der Waals surface area contributed by atoms with Crippen LogP contribution in [-0.4, -0.2) is 15.8 Å². The van der Waals surface area contributed by atoms with Gasteiger partial charge < -0.3 is 9.88 Å². The predicted molar refractivity (Wildman–Crippen MR) is 51.1 cm³/mol. The molecule has 0 unspecified atom stereocenters. The van der Waals surface area contributed by atoms with Crippen LogP contribution >= 0.6 is 15.9 Å². The molecular formula is C8H11BrN2O. The molecule has 1 N–H and O–H groups in total. The number of aryl methyl sites for hydroxylation is 1. The standard InChI is InChI=1S/C8H11BrN2O/c1-11-4-2-3-7(11)6-10-8(12)5-9/h2-4H,5-6H2,1H3,(H,10,12). The van der Waals surface area contributed by atoms with E-state index in [9.17, 15) is 4.79 Å². The molecule has 1 amide bonds. The highest BCUT2D eigenvalue weighted by molar-refractivity contribution is 9.09. The molecule has 0 spiro atoms. The van der Waals surface area contributed by atoms with Gasteiger partial charge in [0.1, 0.15) is 0 Å². The topological polar surface area (TPSA) is 34.0 Å². The number of alkyl halides is 1. The van der Waals surface area contributed by atoms with Gasteiger partial charge in [-0.1, -0.05) is 15.9 Å². The monoisotopic (exact) mass is 230 g/mol. The van der Waals surface area contributed by atoms with Gasteiger partial charge in [0.2, 0.25) is 5.91 Å². The lowest BCUT2D eigenvalue weighted by Crippen LogP contribution is -2.24. The average Bonchev–Trinajstić information content (AvgIpc) is 2.47. The number of carbonyl (C=O) groups excluding carboxylic acids is 1. The quantitative estimate of drug-likeness (QED) is 0.774. The molecule has 0 fully saturated rings. The second kappa shape index (κ2) is 4.30. The van der Waals surface area contributed by atoms with Gasteiger partial charge in [-0.05, 0) is 12.1 Å². The van der Waals surface area contributed by atoms with E-state index in [1.807, 2.05) is 29.9 Å². The van der Waals surface area contributed by atoms with Crippen LogP contribution in [0.4, 0.5) is 0 Å². The van der Waals surface area contributed by atoms with Gasteiger partial charge in [-0.15, -0.1) is 0 Å². The first-order valence-corrected chi connectivity index (χ1v) is 4.79. The van der Waals surface area contributed by atoms with Crippen molar-refractivity contribution in [3.05, 3.63) is 24.0 Å². The van der Waals surface area contributed by atoms with E-state index in [1.165, 1.54) is 0 Å². The first-order chi connectivity index (χ1) is 5.74. The molecule has 0 saturated heterocycles. The summed E-state index contributed by atoms with van der Waals surface area (Å²) in [6.07, 6.45) is 1.95. The van der Waals surface area contributed by atoms with E-state index >= 15 is 0 Å². The van der Waals surface area contributed by atoms with Gasteiger partial charge in [-0.25, -0.2) is 0 Å². The van der Waals surface area contributed by atoms with E-state index in [-0.39, 0.29) is 5.91 Å². The summed E-state index contributed by atoms with van der Waals surface area (Å²) in [5, 5.41) is 3.13. The Morgan fingerprint density at radius 3 is 3.00 bits per heavy atom. The summed E-state index contributed by atoms with van der Waals surface area (Å²) in [5.41, 5.74) is 1.10. The third kappa shape index (κ3) is 2.37. The van der Waals surface area contributed by atoms with Gasteiger partial charge in [0.15, 0.2) is 0 Å². The Labute approximate surface area is 79.9 Å². The van der Waals surface area contributed by atoms with Crippen molar-refractivity contribution in [2.75, 3.05) is 5.33 Å². The van der Waals surface area contributed by atoms with E-state index in [0.717, 1.165) is 5.69 Å². The number of nitrogens with zero attached hydrogens (tertiary/aromatic N) is 1. The Balaban J connectivity index is 2.43. The lowest BCUT2D eigenvalue weighted by atomic mass is 10.4. The zero-order chi connectivity index (χ0) is 8.97. The fourth-order valence-corrected chi connectivity index (χ4v) is 1.11. The Hall–Kier alpha value is -0.770. The van der Waals surface area contributed by atoms with E-state index < -0.39 is 0 Å². The molecule has 0 radical (unpaired) electrons. The number of carbonyl (C=O) groups is 1. The van der Waals surface area contributed by atoms with Crippen molar-refractivity contribution in [3.63, 3.8) is 0 Å². The minimum Gasteiger partial charge on any atom is -0.353 e. The molecule has 0 aliphatic heterocycles. The molecule has 66 valence electrons. The Bertz CT molecular complexity index is 270. The van der Waals surface area contributed by atoms with Crippen LogP contribution in [0.15, 0.2) is 18.3 Å². The van der Waals surface area contributed by atoms with Crippen molar-refractivity contribution in [3.8, 4) is 0 Å². The van der Waals surface area contributed by atoms with Gasteiger partial charge >= 0.3 is 0 Å². The lowest BCUT2D eigenvalue weighted by molar-refractivity contribution is -0.118. The number of halogens is 1. The van der Waals surface area contributed by atoms with Crippen LogP contribution in [-0.2, 0) is 18.4 Å². The molecule has 0 atom stereocenters. The molecule has 0 aliphatic rings. The van der Waals surface area contributed by atoms with E-state index in [4.69, 9.17) is 0 Å². The summed E-state index contributed by atoms with van der Waals surface area (Å²) < 4.78 is 1.98. The number of hydrogen-bond donors (Lipinski definition) is 1. The zero-order valence-corrected chi connectivity index (χ0v) is 8.47. The summed E-state index contributed by atoms with van der Waals surface area (Å²) in [5.74, 6) is 0.0104. The molecular weight excluding hydrogens is 220 g/mol. The van der Waals surface area contributed by atoms with E-state index in [0.29, 0.717) is 11.9 Å².